The third kappa shape index (κ3) is 5.12. The quantitative estimate of drug-likeness (QED) is 0.168. The highest BCUT2D eigenvalue weighted by Crippen LogP contribution is 2.37. The third-order valence-corrected chi connectivity index (χ3v) is 6.15. The molecule has 158 valence electrons. The fourth-order valence-electron chi connectivity index (χ4n) is 3.10. The Morgan fingerprint density at radius 3 is 2.62 bits per heavy atom. The molecule has 0 spiro atoms. The summed E-state index contributed by atoms with van der Waals surface area (Å²) in [7, 11) is 0. The summed E-state index contributed by atoms with van der Waals surface area (Å²) in [6, 6.07) is 0. The Balaban J connectivity index is 2.01. The smallest absolute Gasteiger partial charge is 0.303 e. The molecule has 0 N–H and O–H groups in total. The largest absolute Gasteiger partial charge is 0.456 e. The fourth-order valence-corrected chi connectivity index (χ4v) is 4.89. The molecule has 12 heteroatoms. The van der Waals surface area contributed by atoms with Gasteiger partial charge in [0.1, 0.15) is 11.6 Å². The second kappa shape index (κ2) is 9.75. The van der Waals surface area contributed by atoms with Crippen molar-refractivity contribution in [3.8, 4) is 0 Å². The Kier molecular flexibility index (Phi) is 7.57. The van der Waals surface area contributed by atoms with Gasteiger partial charge in [-0.2, -0.15) is 11.8 Å². The number of nitrogens with zero attached hydrogens (tertiary/aromatic N) is 4. The Labute approximate surface area is 190 Å². The molecule has 2 aromatic heterocycles. The molecular weight excluding hydrogens is 535 g/mol. The summed E-state index contributed by atoms with van der Waals surface area (Å²) in [6.07, 6.45) is -0.325. The van der Waals surface area contributed by atoms with Crippen LogP contribution in [0.25, 0.3) is 11.2 Å². The number of carbonyl (C=O) groups excluding carboxylic acids is 2. The Morgan fingerprint density at radius 2 is 1.97 bits per heavy atom. The van der Waals surface area contributed by atoms with Crippen LogP contribution in [0.4, 0.5) is 0 Å². The zero-order chi connectivity index (χ0) is 21.1. The van der Waals surface area contributed by atoms with E-state index in [1.165, 1.54) is 20.2 Å². The molecular formula is C17H20ClIN4O5S. The molecule has 9 nitrogen and oxygen atoms in total. The number of carbonyl (C=O) groups is 2. The van der Waals surface area contributed by atoms with Crippen LogP contribution in [0.1, 0.15) is 33.4 Å². The van der Waals surface area contributed by atoms with Gasteiger partial charge in [0.25, 0.3) is 0 Å². The summed E-state index contributed by atoms with van der Waals surface area (Å²) in [5.41, 5.74) is 0.852. The molecule has 29 heavy (non-hydrogen) atoms. The van der Waals surface area contributed by atoms with Crippen LogP contribution in [-0.2, 0) is 23.8 Å². The molecule has 0 saturated carbocycles. The predicted molar refractivity (Wildman–Crippen MR) is 116 cm³/mol. The van der Waals surface area contributed by atoms with Gasteiger partial charge in [0.15, 0.2) is 33.1 Å². The molecule has 0 bridgehead atoms. The molecule has 0 amide bonds. The number of imidazole rings is 1. The van der Waals surface area contributed by atoms with Gasteiger partial charge in [-0.3, -0.25) is 14.2 Å². The van der Waals surface area contributed by atoms with Crippen LogP contribution in [0, 0.1) is 3.83 Å². The average molecular weight is 555 g/mol. The summed E-state index contributed by atoms with van der Waals surface area (Å²) in [6.45, 7) is 4.70. The SMILES string of the molecule is CCCSC[C@H]1O[C@@H](n2cnc3c(Cl)nc(I)nc32)[C@H](OC(C)=O)[C@@H]1OC(C)=O. The summed E-state index contributed by atoms with van der Waals surface area (Å²) in [4.78, 5) is 36.3. The van der Waals surface area contributed by atoms with Crippen molar-refractivity contribution in [2.45, 2.75) is 51.7 Å². The van der Waals surface area contributed by atoms with Gasteiger partial charge in [-0.1, -0.05) is 18.5 Å². The number of fused-ring (bicyclic) bond motifs is 1. The highest BCUT2D eigenvalue weighted by molar-refractivity contribution is 14.1. The van der Waals surface area contributed by atoms with Gasteiger partial charge in [0.05, 0.1) is 6.33 Å². The normalized spacial score (nSPS) is 24.0. The van der Waals surface area contributed by atoms with Crippen molar-refractivity contribution < 1.29 is 23.8 Å². The van der Waals surface area contributed by atoms with E-state index in [2.05, 4.69) is 21.9 Å². The van der Waals surface area contributed by atoms with Gasteiger partial charge in [-0.05, 0) is 12.2 Å². The minimum absolute atomic E-state index is 0.215. The zero-order valence-electron chi connectivity index (χ0n) is 16.0. The summed E-state index contributed by atoms with van der Waals surface area (Å²) >= 11 is 9.82. The number of ether oxygens (including phenoxy) is 3. The van der Waals surface area contributed by atoms with Gasteiger partial charge >= 0.3 is 11.9 Å². The van der Waals surface area contributed by atoms with Crippen molar-refractivity contribution in [1.82, 2.24) is 19.5 Å². The zero-order valence-corrected chi connectivity index (χ0v) is 19.7. The Morgan fingerprint density at radius 1 is 1.28 bits per heavy atom. The van der Waals surface area contributed by atoms with Crippen molar-refractivity contribution in [2.24, 2.45) is 0 Å². The van der Waals surface area contributed by atoms with E-state index in [-0.39, 0.29) is 5.15 Å². The molecule has 0 radical (unpaired) electrons. The van der Waals surface area contributed by atoms with E-state index in [0.29, 0.717) is 20.7 Å². The van der Waals surface area contributed by atoms with Crippen LogP contribution in [0.15, 0.2) is 6.33 Å². The maximum absolute atomic E-state index is 11.8. The van der Waals surface area contributed by atoms with Crippen LogP contribution in [0.2, 0.25) is 5.15 Å². The van der Waals surface area contributed by atoms with Crippen molar-refractivity contribution >= 4 is 69.1 Å². The number of hydrogen-bond acceptors (Lipinski definition) is 9. The molecule has 1 saturated heterocycles. The number of halogens is 2. The first kappa shape index (κ1) is 22.5. The monoisotopic (exact) mass is 554 g/mol. The molecule has 1 fully saturated rings. The Hall–Kier alpha value is -1.18. The van der Waals surface area contributed by atoms with Gasteiger partial charge < -0.3 is 14.2 Å². The van der Waals surface area contributed by atoms with E-state index in [1.54, 1.807) is 16.3 Å². The lowest BCUT2D eigenvalue weighted by molar-refractivity contribution is -0.165. The highest BCUT2D eigenvalue weighted by atomic mass is 127. The van der Waals surface area contributed by atoms with Crippen molar-refractivity contribution in [3.63, 3.8) is 0 Å². The minimum atomic E-state index is -0.854. The summed E-state index contributed by atoms with van der Waals surface area (Å²) < 4.78 is 19.3. The highest BCUT2D eigenvalue weighted by Gasteiger charge is 2.50. The fraction of sp³-hybridized carbons (Fsp3) is 0.588. The third-order valence-electron chi connectivity index (χ3n) is 4.15. The number of esters is 2. The second-order valence-electron chi connectivity index (χ2n) is 6.40. The lowest BCUT2D eigenvalue weighted by Gasteiger charge is -2.23. The molecule has 1 aliphatic heterocycles. The van der Waals surface area contributed by atoms with Crippen molar-refractivity contribution in [2.75, 3.05) is 11.5 Å². The minimum Gasteiger partial charge on any atom is -0.456 e. The summed E-state index contributed by atoms with van der Waals surface area (Å²) in [5.74, 6) is 0.538. The van der Waals surface area contributed by atoms with Gasteiger partial charge in [0.2, 0.25) is 0 Å². The van der Waals surface area contributed by atoms with Crippen molar-refractivity contribution in [3.05, 3.63) is 15.3 Å². The summed E-state index contributed by atoms with van der Waals surface area (Å²) in [5, 5.41) is 0.215. The number of hydrogen-bond donors (Lipinski definition) is 0. The lowest BCUT2D eigenvalue weighted by atomic mass is 10.1. The van der Waals surface area contributed by atoms with Crippen LogP contribution < -0.4 is 0 Å². The maximum atomic E-state index is 11.8. The van der Waals surface area contributed by atoms with E-state index in [9.17, 15) is 9.59 Å². The number of rotatable bonds is 7. The maximum Gasteiger partial charge on any atom is 0.303 e. The second-order valence-corrected chi connectivity index (χ2v) is 8.87. The molecule has 3 heterocycles. The lowest BCUT2D eigenvalue weighted by Crippen LogP contribution is -2.39. The van der Waals surface area contributed by atoms with E-state index < -0.39 is 36.5 Å². The van der Waals surface area contributed by atoms with Crippen LogP contribution in [0.3, 0.4) is 0 Å². The number of aromatic nitrogens is 4. The van der Waals surface area contributed by atoms with Crippen LogP contribution in [-0.4, -0.2) is 61.3 Å². The number of thioether (sulfide) groups is 1. The molecule has 2 aromatic rings. The standard InChI is InChI=1S/C17H20ClIN4O5S/c1-4-5-29-6-10-12(26-8(2)24)13(27-9(3)25)16(28-10)23-7-20-11-14(18)21-17(19)22-15(11)23/h7,10,12-13,16H,4-6H2,1-3H3/t10-,12-,13-,16-/m1/s1. The van der Waals surface area contributed by atoms with Gasteiger partial charge in [-0.25, -0.2) is 15.0 Å². The first-order chi connectivity index (χ1) is 13.8. The van der Waals surface area contributed by atoms with Gasteiger partial charge in [-0.15, -0.1) is 0 Å². The molecule has 4 atom stereocenters. The first-order valence-corrected chi connectivity index (χ1v) is 11.6. The molecule has 0 aliphatic carbocycles. The average Bonchev–Trinajstić information content (AvgIpc) is 3.17. The Bertz CT molecular complexity index is 913. The van der Waals surface area contributed by atoms with E-state index in [0.717, 1.165) is 12.2 Å². The van der Waals surface area contributed by atoms with E-state index in [4.69, 9.17) is 25.8 Å². The molecule has 3 rings (SSSR count). The van der Waals surface area contributed by atoms with Gasteiger partial charge in [0, 0.05) is 42.2 Å². The topological polar surface area (TPSA) is 105 Å². The first-order valence-electron chi connectivity index (χ1n) is 8.95. The van der Waals surface area contributed by atoms with E-state index in [1.807, 2.05) is 22.6 Å². The molecule has 0 aromatic carbocycles. The van der Waals surface area contributed by atoms with E-state index >= 15 is 0 Å². The molecule has 0 unspecified atom stereocenters. The molecule has 1 aliphatic rings. The van der Waals surface area contributed by atoms with Crippen LogP contribution in [0.5, 0.6) is 0 Å². The van der Waals surface area contributed by atoms with Crippen molar-refractivity contribution in [1.29, 1.82) is 0 Å². The van der Waals surface area contributed by atoms with Crippen LogP contribution >= 0.6 is 46.0 Å². The predicted octanol–water partition coefficient (Wildman–Crippen LogP) is 2.99.